The summed E-state index contributed by atoms with van der Waals surface area (Å²) < 4.78 is 0. The number of nitrogens with one attached hydrogen (secondary N) is 1. The standard InChI is InChI=1S/C26H35Cl2N5O3/c27-20-13-29-14-21(28)22(20)31-4-6-32(7-5-31)25(36)33-3-1-2-19(15-33)30-24(35)26-10-16-8-17(11-26)23(34)18(9-16)12-26/h13-14,16-19,23,34H,1-12,15H2,(H,30,35)/t16?,17?,18?,19-,23?,26?/m0/s1. The number of aliphatic hydroxyl groups is 1. The number of amides is 3. The molecule has 3 atom stereocenters. The number of likely N-dealkylation sites (tertiary alicyclic amines) is 1. The van der Waals surface area contributed by atoms with Crippen molar-refractivity contribution < 1.29 is 14.7 Å². The number of anilines is 1. The van der Waals surface area contributed by atoms with Crippen molar-refractivity contribution in [2.24, 2.45) is 23.2 Å². The maximum atomic E-state index is 13.5. The Morgan fingerprint density at radius 2 is 1.64 bits per heavy atom. The monoisotopic (exact) mass is 535 g/mol. The van der Waals surface area contributed by atoms with Gasteiger partial charge in [-0.05, 0) is 62.7 Å². The van der Waals surface area contributed by atoms with Crippen molar-refractivity contribution in [3.8, 4) is 0 Å². The van der Waals surface area contributed by atoms with Gasteiger partial charge in [0.2, 0.25) is 5.91 Å². The van der Waals surface area contributed by atoms with Gasteiger partial charge in [0.15, 0.2) is 0 Å². The smallest absolute Gasteiger partial charge is 0.320 e. The molecular weight excluding hydrogens is 501 g/mol. The number of rotatable bonds is 3. The number of pyridine rings is 1. The third kappa shape index (κ3) is 4.33. The van der Waals surface area contributed by atoms with E-state index < -0.39 is 0 Å². The predicted molar refractivity (Wildman–Crippen MR) is 138 cm³/mol. The SMILES string of the molecule is O=C(N1CCN(c2c(Cl)cncc2Cl)CC1)N1CCC[C@H](NC(=O)C23CC4CC(C2)C(O)C(C4)C3)C1. The molecule has 1 aromatic heterocycles. The molecule has 2 unspecified atom stereocenters. The van der Waals surface area contributed by atoms with Crippen LogP contribution in [0.25, 0.3) is 0 Å². The van der Waals surface area contributed by atoms with Gasteiger partial charge in [-0.2, -0.15) is 0 Å². The van der Waals surface area contributed by atoms with Crippen LogP contribution in [0, 0.1) is 23.2 Å². The lowest BCUT2D eigenvalue weighted by Gasteiger charge is -2.58. The molecule has 2 saturated heterocycles. The molecule has 6 aliphatic rings. The van der Waals surface area contributed by atoms with Crippen molar-refractivity contribution in [2.45, 2.75) is 57.1 Å². The summed E-state index contributed by atoms with van der Waals surface area (Å²) in [5, 5.41) is 15.0. The van der Waals surface area contributed by atoms with Crippen LogP contribution in [0.15, 0.2) is 12.4 Å². The zero-order valence-electron chi connectivity index (χ0n) is 20.5. The molecule has 3 amide bonds. The molecule has 3 heterocycles. The van der Waals surface area contributed by atoms with E-state index in [0.717, 1.165) is 57.2 Å². The fourth-order valence-corrected chi connectivity index (χ4v) is 8.51. The Morgan fingerprint density at radius 1 is 0.972 bits per heavy atom. The van der Waals surface area contributed by atoms with Gasteiger partial charge in [-0.15, -0.1) is 0 Å². The van der Waals surface area contributed by atoms with Gasteiger partial charge in [0.25, 0.3) is 0 Å². The lowest BCUT2D eigenvalue weighted by Crippen LogP contribution is -2.61. The molecule has 1 aromatic rings. The molecule has 2 N–H and O–H groups in total. The van der Waals surface area contributed by atoms with Gasteiger partial charge in [0, 0.05) is 57.7 Å². The number of piperazine rings is 1. The zero-order valence-corrected chi connectivity index (χ0v) is 22.1. The number of nitrogens with zero attached hydrogens (tertiary/aromatic N) is 4. The second-order valence-corrected chi connectivity index (χ2v) is 12.5. The lowest BCUT2D eigenvalue weighted by atomic mass is 9.48. The highest BCUT2D eigenvalue weighted by atomic mass is 35.5. The van der Waals surface area contributed by atoms with E-state index in [2.05, 4.69) is 15.2 Å². The zero-order chi connectivity index (χ0) is 25.0. The highest BCUT2D eigenvalue weighted by molar-refractivity contribution is 6.38. The Hall–Kier alpha value is -1.77. The first-order valence-electron chi connectivity index (χ1n) is 13.4. The largest absolute Gasteiger partial charge is 0.393 e. The Bertz CT molecular complexity index is 997. The van der Waals surface area contributed by atoms with Crippen LogP contribution in [-0.4, -0.2) is 83.2 Å². The quantitative estimate of drug-likeness (QED) is 0.619. The minimum atomic E-state index is -0.312. The molecule has 36 heavy (non-hydrogen) atoms. The number of piperidine rings is 1. The molecule has 4 bridgehead atoms. The molecule has 196 valence electrons. The number of halogens is 2. The van der Waals surface area contributed by atoms with Crippen molar-refractivity contribution in [1.29, 1.82) is 0 Å². The summed E-state index contributed by atoms with van der Waals surface area (Å²) >= 11 is 12.6. The highest BCUT2D eigenvalue weighted by Gasteiger charge is 2.58. The Labute approximate surface area is 222 Å². The lowest BCUT2D eigenvalue weighted by molar-refractivity contribution is -0.163. The van der Waals surface area contributed by atoms with Crippen LogP contribution in [0.3, 0.4) is 0 Å². The van der Waals surface area contributed by atoms with E-state index in [9.17, 15) is 14.7 Å². The average Bonchev–Trinajstić information content (AvgIpc) is 2.87. The van der Waals surface area contributed by atoms with E-state index in [-0.39, 0.29) is 41.3 Å². The van der Waals surface area contributed by atoms with Crippen LogP contribution >= 0.6 is 23.2 Å². The van der Waals surface area contributed by atoms with Gasteiger partial charge in [-0.1, -0.05) is 23.2 Å². The van der Waals surface area contributed by atoms with Crippen LogP contribution in [0.1, 0.15) is 44.9 Å². The summed E-state index contributed by atoms with van der Waals surface area (Å²) in [5.41, 5.74) is 0.465. The van der Waals surface area contributed by atoms with Gasteiger partial charge in [0.05, 0.1) is 27.3 Å². The van der Waals surface area contributed by atoms with Gasteiger partial charge >= 0.3 is 6.03 Å². The number of carbonyl (C=O) groups excluding carboxylic acids is 2. The van der Waals surface area contributed by atoms with Gasteiger partial charge < -0.3 is 25.1 Å². The molecule has 10 heteroatoms. The topological polar surface area (TPSA) is 89.0 Å². The van der Waals surface area contributed by atoms with Crippen molar-refractivity contribution in [3.05, 3.63) is 22.4 Å². The van der Waals surface area contributed by atoms with Gasteiger partial charge in [0.1, 0.15) is 0 Å². The fraction of sp³-hybridized carbons (Fsp3) is 0.731. The molecular formula is C26H35Cl2N5O3. The van der Waals surface area contributed by atoms with Crippen molar-refractivity contribution in [2.75, 3.05) is 44.2 Å². The van der Waals surface area contributed by atoms with Crippen molar-refractivity contribution in [1.82, 2.24) is 20.1 Å². The minimum Gasteiger partial charge on any atom is -0.393 e. The number of urea groups is 1. The van der Waals surface area contributed by atoms with Crippen LogP contribution in [0.5, 0.6) is 0 Å². The molecule has 0 spiro atoms. The molecule has 4 saturated carbocycles. The first-order chi connectivity index (χ1) is 17.3. The molecule has 0 radical (unpaired) electrons. The van der Waals surface area contributed by atoms with Crippen molar-refractivity contribution in [3.63, 3.8) is 0 Å². The Kier molecular flexibility index (Phi) is 6.49. The summed E-state index contributed by atoms with van der Waals surface area (Å²) in [7, 11) is 0. The first-order valence-corrected chi connectivity index (χ1v) is 14.2. The normalized spacial score (nSPS) is 35.8. The number of aromatic nitrogens is 1. The minimum absolute atomic E-state index is 0.0103. The highest BCUT2D eigenvalue weighted by Crippen LogP contribution is 2.60. The van der Waals surface area contributed by atoms with E-state index in [1.54, 1.807) is 12.4 Å². The second kappa shape index (κ2) is 9.52. The number of aliphatic hydroxyl groups excluding tert-OH is 1. The van der Waals surface area contributed by atoms with Crippen LogP contribution < -0.4 is 10.2 Å². The molecule has 2 aliphatic heterocycles. The summed E-state index contributed by atoms with van der Waals surface area (Å²) in [4.78, 5) is 36.8. The van der Waals surface area contributed by atoms with E-state index in [0.29, 0.717) is 48.7 Å². The van der Waals surface area contributed by atoms with Crippen LogP contribution in [0.2, 0.25) is 10.0 Å². The van der Waals surface area contributed by atoms with Crippen LogP contribution in [0.4, 0.5) is 10.5 Å². The summed E-state index contributed by atoms with van der Waals surface area (Å²) in [5.74, 6) is 1.30. The van der Waals surface area contributed by atoms with E-state index in [1.807, 2.05) is 9.80 Å². The van der Waals surface area contributed by atoms with Gasteiger partial charge in [-0.25, -0.2) is 4.79 Å². The Morgan fingerprint density at radius 3 is 2.31 bits per heavy atom. The van der Waals surface area contributed by atoms with E-state index in [1.165, 1.54) is 0 Å². The molecule has 6 fully saturated rings. The third-order valence-electron chi connectivity index (χ3n) is 9.43. The van der Waals surface area contributed by atoms with Crippen LogP contribution in [-0.2, 0) is 4.79 Å². The van der Waals surface area contributed by atoms with Gasteiger partial charge in [-0.3, -0.25) is 9.78 Å². The maximum Gasteiger partial charge on any atom is 0.320 e. The predicted octanol–water partition coefficient (Wildman–Crippen LogP) is 3.40. The molecule has 7 rings (SSSR count). The molecule has 4 aliphatic carbocycles. The molecule has 0 aromatic carbocycles. The van der Waals surface area contributed by atoms with E-state index in [4.69, 9.17) is 23.2 Å². The summed E-state index contributed by atoms with van der Waals surface area (Å²) in [6.45, 7) is 3.77. The molecule has 8 nitrogen and oxygen atoms in total. The number of hydrogen-bond acceptors (Lipinski definition) is 5. The summed E-state index contributed by atoms with van der Waals surface area (Å²) in [6, 6.07) is 0.0299. The number of carbonyl (C=O) groups is 2. The average molecular weight is 537 g/mol. The van der Waals surface area contributed by atoms with Crippen molar-refractivity contribution >= 4 is 40.8 Å². The summed E-state index contributed by atoms with van der Waals surface area (Å²) in [6.07, 6.45) is 9.49. The number of hydrogen-bond donors (Lipinski definition) is 2. The third-order valence-corrected chi connectivity index (χ3v) is 9.98. The fourth-order valence-electron chi connectivity index (χ4n) is 7.91. The second-order valence-electron chi connectivity index (χ2n) is 11.7. The Balaban J connectivity index is 1.04. The first kappa shape index (κ1) is 24.6. The van der Waals surface area contributed by atoms with E-state index >= 15 is 0 Å². The maximum absolute atomic E-state index is 13.5.